The van der Waals surface area contributed by atoms with Gasteiger partial charge >= 0.3 is 6.09 Å². The third-order valence-electron chi connectivity index (χ3n) is 3.83. The second kappa shape index (κ2) is 7.26. The molecule has 0 spiro atoms. The average molecular weight is 360 g/mol. The van der Waals surface area contributed by atoms with Gasteiger partial charge in [0.15, 0.2) is 0 Å². The normalized spacial score (nSPS) is 19.7. The van der Waals surface area contributed by atoms with Crippen molar-refractivity contribution >= 4 is 29.3 Å². The molecule has 5 nitrogen and oxygen atoms in total. The number of likely N-dealkylation sites (tertiary alicyclic amines) is 1. The molecule has 23 heavy (non-hydrogen) atoms. The zero-order valence-electron chi connectivity index (χ0n) is 13.6. The molecule has 0 bridgehead atoms. The maximum absolute atomic E-state index is 12.2. The first-order valence-corrected chi connectivity index (χ1v) is 8.36. The number of nitrogens with one attached hydrogen (secondary N) is 1. The lowest BCUT2D eigenvalue weighted by molar-refractivity contribution is 0.0285. The molecule has 1 heterocycles. The van der Waals surface area contributed by atoms with Gasteiger partial charge in [0.25, 0.3) is 0 Å². The first-order chi connectivity index (χ1) is 10.7. The summed E-state index contributed by atoms with van der Waals surface area (Å²) in [5, 5.41) is 0.999. The molecule has 1 aliphatic heterocycles. The molecule has 7 heteroatoms. The highest BCUT2D eigenvalue weighted by Crippen LogP contribution is 2.33. The number of carbonyl (C=O) groups excluding carboxylic acids is 1. The standard InChI is InChI=1S/C16H23Cl2N3O2/c1-16(2,3)23-15(22)21-7-6-11(9-21)14(20-19)10-4-5-12(17)13(18)8-10/h4-5,8,11,14,20H,6-7,9,19H2,1-3H3. The lowest BCUT2D eigenvalue weighted by Gasteiger charge is -2.26. The maximum atomic E-state index is 12.2. The summed E-state index contributed by atoms with van der Waals surface area (Å²) < 4.78 is 5.42. The Labute approximate surface area is 147 Å². The van der Waals surface area contributed by atoms with Crippen molar-refractivity contribution in [3.8, 4) is 0 Å². The summed E-state index contributed by atoms with van der Waals surface area (Å²) in [5.74, 6) is 5.92. The Balaban J connectivity index is 2.06. The Morgan fingerprint density at radius 2 is 2.09 bits per heavy atom. The minimum Gasteiger partial charge on any atom is -0.444 e. The quantitative estimate of drug-likeness (QED) is 0.636. The van der Waals surface area contributed by atoms with Crippen LogP contribution in [0.2, 0.25) is 10.0 Å². The Kier molecular flexibility index (Phi) is 5.79. The van der Waals surface area contributed by atoms with Crippen LogP contribution in [-0.2, 0) is 4.74 Å². The van der Waals surface area contributed by atoms with E-state index in [9.17, 15) is 4.79 Å². The van der Waals surface area contributed by atoms with Crippen LogP contribution in [0.5, 0.6) is 0 Å². The molecular weight excluding hydrogens is 337 g/mol. The van der Waals surface area contributed by atoms with Crippen LogP contribution in [-0.4, -0.2) is 29.7 Å². The molecule has 1 amide bonds. The topological polar surface area (TPSA) is 67.6 Å². The smallest absolute Gasteiger partial charge is 0.410 e. The van der Waals surface area contributed by atoms with Crippen molar-refractivity contribution in [2.45, 2.75) is 38.8 Å². The highest BCUT2D eigenvalue weighted by molar-refractivity contribution is 6.42. The van der Waals surface area contributed by atoms with Gasteiger partial charge in [-0.1, -0.05) is 29.3 Å². The number of halogens is 2. The second-order valence-electron chi connectivity index (χ2n) is 6.79. The van der Waals surface area contributed by atoms with E-state index in [1.54, 1.807) is 11.0 Å². The van der Waals surface area contributed by atoms with Crippen molar-refractivity contribution in [3.05, 3.63) is 33.8 Å². The van der Waals surface area contributed by atoms with Gasteiger partial charge in [-0.3, -0.25) is 11.3 Å². The molecule has 3 N–H and O–H groups in total. The molecule has 1 aromatic carbocycles. The summed E-state index contributed by atoms with van der Waals surface area (Å²) >= 11 is 12.0. The zero-order chi connectivity index (χ0) is 17.2. The summed E-state index contributed by atoms with van der Waals surface area (Å²) in [6.45, 7) is 6.82. The van der Waals surface area contributed by atoms with Gasteiger partial charge < -0.3 is 9.64 Å². The molecule has 2 atom stereocenters. The molecule has 2 unspecified atom stereocenters. The van der Waals surface area contributed by atoms with Gasteiger partial charge in [-0.15, -0.1) is 0 Å². The largest absolute Gasteiger partial charge is 0.444 e. The van der Waals surface area contributed by atoms with Crippen LogP contribution in [0.15, 0.2) is 18.2 Å². The number of nitrogens with two attached hydrogens (primary N) is 1. The van der Waals surface area contributed by atoms with Crippen LogP contribution in [0.3, 0.4) is 0 Å². The predicted octanol–water partition coefficient (Wildman–Crippen LogP) is 3.75. The number of hydrazine groups is 1. The minimum absolute atomic E-state index is 0.0998. The van der Waals surface area contributed by atoms with Crippen molar-refractivity contribution in [1.82, 2.24) is 10.3 Å². The van der Waals surface area contributed by atoms with Crippen LogP contribution in [0.25, 0.3) is 0 Å². The van der Waals surface area contributed by atoms with Crippen molar-refractivity contribution in [2.24, 2.45) is 11.8 Å². The molecule has 0 aliphatic carbocycles. The Morgan fingerprint density at radius 1 is 1.39 bits per heavy atom. The number of hydrogen-bond donors (Lipinski definition) is 2. The molecule has 1 aromatic rings. The number of ether oxygens (including phenoxy) is 1. The second-order valence-corrected chi connectivity index (χ2v) is 7.61. The first-order valence-electron chi connectivity index (χ1n) is 7.60. The summed E-state index contributed by atoms with van der Waals surface area (Å²) in [4.78, 5) is 13.9. The van der Waals surface area contributed by atoms with Gasteiger partial charge in [-0.2, -0.15) is 0 Å². The maximum Gasteiger partial charge on any atom is 0.410 e. The molecule has 1 aliphatic rings. The van der Waals surface area contributed by atoms with Gasteiger partial charge in [0.05, 0.1) is 16.1 Å². The molecule has 0 aromatic heterocycles. The fourth-order valence-corrected chi connectivity index (χ4v) is 3.07. The molecule has 0 radical (unpaired) electrons. The monoisotopic (exact) mass is 359 g/mol. The number of rotatable bonds is 3. The van der Waals surface area contributed by atoms with Crippen molar-refractivity contribution < 1.29 is 9.53 Å². The number of amides is 1. The van der Waals surface area contributed by atoms with E-state index in [4.69, 9.17) is 33.8 Å². The lowest BCUT2D eigenvalue weighted by atomic mass is 9.93. The van der Waals surface area contributed by atoms with E-state index in [-0.39, 0.29) is 18.1 Å². The van der Waals surface area contributed by atoms with E-state index >= 15 is 0 Å². The summed E-state index contributed by atoms with van der Waals surface area (Å²) in [5.41, 5.74) is 3.29. The van der Waals surface area contributed by atoms with Gasteiger partial charge in [0, 0.05) is 13.1 Å². The predicted molar refractivity (Wildman–Crippen MR) is 92.4 cm³/mol. The van der Waals surface area contributed by atoms with E-state index in [0.717, 1.165) is 12.0 Å². The molecule has 2 rings (SSSR count). The Morgan fingerprint density at radius 3 is 2.65 bits per heavy atom. The van der Waals surface area contributed by atoms with E-state index in [0.29, 0.717) is 23.1 Å². The highest BCUT2D eigenvalue weighted by atomic mass is 35.5. The molecule has 1 saturated heterocycles. The van der Waals surface area contributed by atoms with Crippen LogP contribution < -0.4 is 11.3 Å². The fourth-order valence-electron chi connectivity index (χ4n) is 2.76. The lowest BCUT2D eigenvalue weighted by Crippen LogP contribution is -2.38. The zero-order valence-corrected chi connectivity index (χ0v) is 15.1. The van der Waals surface area contributed by atoms with Crippen LogP contribution in [0.4, 0.5) is 4.79 Å². The number of carbonyl (C=O) groups is 1. The Hall–Kier alpha value is -1.01. The van der Waals surface area contributed by atoms with Crippen molar-refractivity contribution in [3.63, 3.8) is 0 Å². The van der Waals surface area contributed by atoms with Crippen LogP contribution >= 0.6 is 23.2 Å². The minimum atomic E-state index is -0.496. The third-order valence-corrected chi connectivity index (χ3v) is 4.57. The van der Waals surface area contributed by atoms with Crippen molar-refractivity contribution in [2.75, 3.05) is 13.1 Å². The van der Waals surface area contributed by atoms with Crippen LogP contribution in [0, 0.1) is 5.92 Å². The first kappa shape index (κ1) is 18.3. The fraction of sp³-hybridized carbons (Fsp3) is 0.562. The molecule has 128 valence electrons. The number of hydrogen-bond acceptors (Lipinski definition) is 4. The Bertz CT molecular complexity index is 575. The van der Waals surface area contributed by atoms with Crippen molar-refractivity contribution in [1.29, 1.82) is 0 Å². The summed E-state index contributed by atoms with van der Waals surface area (Å²) in [6, 6.07) is 5.36. The summed E-state index contributed by atoms with van der Waals surface area (Å²) in [6.07, 6.45) is 0.555. The van der Waals surface area contributed by atoms with E-state index in [1.807, 2.05) is 32.9 Å². The number of benzene rings is 1. The molecular formula is C16H23Cl2N3O2. The average Bonchev–Trinajstić information content (AvgIpc) is 2.91. The van der Waals surface area contributed by atoms with Crippen LogP contribution in [0.1, 0.15) is 38.8 Å². The van der Waals surface area contributed by atoms with E-state index in [1.165, 1.54) is 0 Å². The van der Waals surface area contributed by atoms with Gasteiger partial charge in [0.2, 0.25) is 0 Å². The molecule has 0 saturated carbocycles. The third kappa shape index (κ3) is 4.73. The van der Waals surface area contributed by atoms with E-state index in [2.05, 4.69) is 5.43 Å². The summed E-state index contributed by atoms with van der Waals surface area (Å²) in [7, 11) is 0. The van der Waals surface area contributed by atoms with E-state index < -0.39 is 5.60 Å². The van der Waals surface area contributed by atoms with Gasteiger partial charge in [-0.05, 0) is 50.8 Å². The number of nitrogens with zero attached hydrogens (tertiary/aromatic N) is 1. The molecule has 1 fully saturated rings. The van der Waals surface area contributed by atoms with Gasteiger partial charge in [-0.25, -0.2) is 4.79 Å². The van der Waals surface area contributed by atoms with Gasteiger partial charge in [0.1, 0.15) is 5.60 Å². The highest BCUT2D eigenvalue weighted by Gasteiger charge is 2.34. The SMILES string of the molecule is CC(C)(C)OC(=O)N1CCC(C(NN)c2ccc(Cl)c(Cl)c2)C1.